The lowest BCUT2D eigenvalue weighted by Gasteiger charge is -2.21. The van der Waals surface area contributed by atoms with Crippen LogP contribution in [0.1, 0.15) is 17.7 Å². The quantitative estimate of drug-likeness (QED) is 0.674. The normalized spacial score (nSPS) is 19.9. The highest BCUT2D eigenvalue weighted by atomic mass is 32.2. The molecule has 3 rings (SSSR count). The Labute approximate surface area is 120 Å². The van der Waals surface area contributed by atoms with Gasteiger partial charge in [-0.05, 0) is 44.8 Å². The Bertz CT molecular complexity index is 628. The van der Waals surface area contributed by atoms with Crippen LogP contribution in [0.25, 0.3) is 10.2 Å². The van der Waals surface area contributed by atoms with Gasteiger partial charge < -0.3 is 10.3 Å². The first kappa shape index (κ1) is 13.1. The number of hydrogen-bond acceptors (Lipinski definition) is 5. The van der Waals surface area contributed by atoms with Gasteiger partial charge in [-0.3, -0.25) is 4.79 Å². The average molecular weight is 295 g/mol. The Morgan fingerprint density at radius 2 is 2.47 bits per heavy atom. The summed E-state index contributed by atoms with van der Waals surface area (Å²) in [5, 5.41) is 4.88. The van der Waals surface area contributed by atoms with E-state index >= 15 is 0 Å². The number of H-pyrrole nitrogens is 1. The van der Waals surface area contributed by atoms with E-state index in [2.05, 4.69) is 15.3 Å². The van der Waals surface area contributed by atoms with E-state index in [0.717, 1.165) is 33.7 Å². The molecule has 2 aromatic heterocycles. The van der Waals surface area contributed by atoms with Crippen LogP contribution in [0.15, 0.2) is 16.0 Å². The monoisotopic (exact) mass is 295 g/mol. The Morgan fingerprint density at radius 3 is 3.26 bits per heavy atom. The van der Waals surface area contributed by atoms with Gasteiger partial charge in [0.2, 0.25) is 0 Å². The fourth-order valence-corrected chi connectivity index (χ4v) is 4.30. The van der Waals surface area contributed by atoms with Crippen LogP contribution in [-0.2, 0) is 0 Å². The molecule has 0 aliphatic carbocycles. The standard InChI is InChI=1S/C13H17N3OS2/c1-8-5-10-11(17)15-13(16-12(10)19-8)18-7-9-3-2-4-14-6-9/h5,9,14H,2-4,6-7H2,1H3,(H,15,16,17). The van der Waals surface area contributed by atoms with Crippen LogP contribution in [0.5, 0.6) is 0 Å². The Morgan fingerprint density at radius 1 is 1.58 bits per heavy atom. The van der Waals surface area contributed by atoms with Crippen molar-refractivity contribution in [3.8, 4) is 0 Å². The SMILES string of the molecule is Cc1cc2c(=O)[nH]c(SCC3CCCNC3)nc2s1. The van der Waals surface area contributed by atoms with Gasteiger partial charge in [0, 0.05) is 10.6 Å². The molecule has 1 fully saturated rings. The highest BCUT2D eigenvalue weighted by Gasteiger charge is 2.14. The molecule has 2 aromatic rings. The van der Waals surface area contributed by atoms with Crippen molar-refractivity contribution in [1.29, 1.82) is 0 Å². The molecule has 1 unspecified atom stereocenters. The van der Waals surface area contributed by atoms with Crippen LogP contribution in [0.2, 0.25) is 0 Å². The van der Waals surface area contributed by atoms with Gasteiger partial charge in [-0.15, -0.1) is 11.3 Å². The number of thioether (sulfide) groups is 1. The molecule has 1 aliphatic heterocycles. The van der Waals surface area contributed by atoms with Crippen molar-refractivity contribution in [3.63, 3.8) is 0 Å². The topological polar surface area (TPSA) is 57.8 Å². The first-order chi connectivity index (χ1) is 9.22. The summed E-state index contributed by atoms with van der Waals surface area (Å²) in [4.78, 5) is 21.4. The molecular formula is C13H17N3OS2. The number of rotatable bonds is 3. The van der Waals surface area contributed by atoms with Gasteiger partial charge in [0.05, 0.1) is 5.39 Å². The molecule has 2 N–H and O–H groups in total. The number of hydrogen-bond donors (Lipinski definition) is 2. The number of thiophene rings is 1. The van der Waals surface area contributed by atoms with E-state index in [9.17, 15) is 4.79 Å². The van der Waals surface area contributed by atoms with Gasteiger partial charge in [0.25, 0.3) is 5.56 Å². The number of aromatic nitrogens is 2. The number of aromatic amines is 1. The third kappa shape index (κ3) is 3.01. The smallest absolute Gasteiger partial charge is 0.260 e. The van der Waals surface area contributed by atoms with Gasteiger partial charge in [-0.2, -0.15) is 0 Å². The second-order valence-electron chi connectivity index (χ2n) is 4.97. The minimum absolute atomic E-state index is 0.0152. The average Bonchev–Trinajstić information content (AvgIpc) is 2.79. The van der Waals surface area contributed by atoms with Gasteiger partial charge in [-0.1, -0.05) is 11.8 Å². The third-order valence-corrected chi connectivity index (χ3v) is 5.41. The number of fused-ring (bicyclic) bond motifs is 1. The molecule has 0 radical (unpaired) electrons. The zero-order valence-corrected chi connectivity index (χ0v) is 12.5. The minimum atomic E-state index is -0.0152. The number of aryl methyl sites for hydroxylation is 1. The molecule has 4 nitrogen and oxygen atoms in total. The van der Waals surface area contributed by atoms with E-state index < -0.39 is 0 Å². The molecular weight excluding hydrogens is 278 g/mol. The molecule has 1 atom stereocenters. The summed E-state index contributed by atoms with van der Waals surface area (Å²) in [6.45, 7) is 4.22. The van der Waals surface area contributed by atoms with Crippen molar-refractivity contribution < 1.29 is 0 Å². The molecule has 0 spiro atoms. The van der Waals surface area contributed by atoms with E-state index in [4.69, 9.17) is 0 Å². The fourth-order valence-electron chi connectivity index (χ4n) is 2.36. The highest BCUT2D eigenvalue weighted by molar-refractivity contribution is 7.99. The van der Waals surface area contributed by atoms with E-state index in [-0.39, 0.29) is 5.56 Å². The molecule has 3 heterocycles. The predicted molar refractivity (Wildman–Crippen MR) is 81.3 cm³/mol. The second kappa shape index (κ2) is 5.64. The molecule has 1 aliphatic rings. The third-order valence-electron chi connectivity index (χ3n) is 3.36. The molecule has 0 aromatic carbocycles. The summed E-state index contributed by atoms with van der Waals surface area (Å²) in [7, 11) is 0. The van der Waals surface area contributed by atoms with Crippen LogP contribution >= 0.6 is 23.1 Å². The molecule has 102 valence electrons. The maximum Gasteiger partial charge on any atom is 0.260 e. The van der Waals surface area contributed by atoms with E-state index in [1.807, 2.05) is 13.0 Å². The van der Waals surface area contributed by atoms with Crippen LogP contribution < -0.4 is 10.9 Å². The lowest BCUT2D eigenvalue weighted by molar-refractivity contribution is 0.410. The first-order valence-corrected chi connectivity index (χ1v) is 8.36. The van der Waals surface area contributed by atoms with Crippen LogP contribution in [0.4, 0.5) is 0 Å². The summed E-state index contributed by atoms with van der Waals surface area (Å²) in [5.41, 5.74) is -0.0152. The van der Waals surface area contributed by atoms with Crippen molar-refractivity contribution in [3.05, 3.63) is 21.3 Å². The van der Waals surface area contributed by atoms with Crippen molar-refractivity contribution in [2.24, 2.45) is 5.92 Å². The second-order valence-corrected chi connectivity index (χ2v) is 7.21. The van der Waals surface area contributed by atoms with E-state index in [1.165, 1.54) is 12.8 Å². The molecule has 19 heavy (non-hydrogen) atoms. The van der Waals surface area contributed by atoms with Gasteiger partial charge in [0.15, 0.2) is 5.16 Å². The Hall–Kier alpha value is -0.850. The summed E-state index contributed by atoms with van der Waals surface area (Å²) in [6, 6.07) is 1.91. The lowest BCUT2D eigenvalue weighted by atomic mass is 10.0. The molecule has 6 heteroatoms. The zero-order valence-electron chi connectivity index (χ0n) is 10.9. The summed E-state index contributed by atoms with van der Waals surface area (Å²) in [6.07, 6.45) is 2.52. The largest absolute Gasteiger partial charge is 0.316 e. The molecule has 0 saturated carbocycles. The van der Waals surface area contributed by atoms with Crippen LogP contribution in [0.3, 0.4) is 0 Å². The zero-order chi connectivity index (χ0) is 13.2. The van der Waals surface area contributed by atoms with Crippen LogP contribution in [-0.4, -0.2) is 28.8 Å². The summed E-state index contributed by atoms with van der Waals surface area (Å²) in [5.74, 6) is 1.70. The van der Waals surface area contributed by atoms with Crippen molar-refractivity contribution in [2.45, 2.75) is 24.9 Å². The maximum absolute atomic E-state index is 11.9. The summed E-state index contributed by atoms with van der Waals surface area (Å²) >= 11 is 3.25. The van der Waals surface area contributed by atoms with Gasteiger partial charge >= 0.3 is 0 Å². The molecule has 0 amide bonds. The molecule has 0 bridgehead atoms. The van der Waals surface area contributed by atoms with Gasteiger partial charge in [0.1, 0.15) is 4.83 Å². The number of nitrogens with one attached hydrogen (secondary N) is 2. The highest BCUT2D eigenvalue weighted by Crippen LogP contribution is 2.24. The van der Waals surface area contributed by atoms with E-state index in [0.29, 0.717) is 11.3 Å². The van der Waals surface area contributed by atoms with E-state index in [1.54, 1.807) is 23.1 Å². The maximum atomic E-state index is 11.9. The van der Waals surface area contributed by atoms with Gasteiger partial charge in [-0.25, -0.2) is 4.98 Å². The molecule has 1 saturated heterocycles. The van der Waals surface area contributed by atoms with Crippen LogP contribution in [0, 0.1) is 12.8 Å². The lowest BCUT2D eigenvalue weighted by Crippen LogP contribution is -2.31. The fraction of sp³-hybridized carbons (Fsp3) is 0.538. The first-order valence-electron chi connectivity index (χ1n) is 6.56. The van der Waals surface area contributed by atoms with Crippen molar-refractivity contribution in [2.75, 3.05) is 18.8 Å². The Kier molecular flexibility index (Phi) is 3.91. The van der Waals surface area contributed by atoms with Crippen molar-refractivity contribution in [1.82, 2.24) is 15.3 Å². The summed E-state index contributed by atoms with van der Waals surface area (Å²) < 4.78 is 0. The Balaban J connectivity index is 1.75. The number of nitrogens with zero attached hydrogens (tertiary/aromatic N) is 1. The van der Waals surface area contributed by atoms with Crippen molar-refractivity contribution >= 4 is 33.3 Å². The predicted octanol–water partition coefficient (Wildman–Crippen LogP) is 2.38. The minimum Gasteiger partial charge on any atom is -0.316 e. The number of piperidine rings is 1.